The third-order valence-electron chi connectivity index (χ3n) is 7.78. The van der Waals surface area contributed by atoms with Crippen molar-refractivity contribution in [1.29, 1.82) is 0 Å². The van der Waals surface area contributed by atoms with E-state index >= 15 is 4.39 Å². The number of hydrogen-bond acceptors (Lipinski definition) is 4. The molecule has 0 radical (unpaired) electrons. The smallest absolute Gasteiger partial charge is 0.256 e. The van der Waals surface area contributed by atoms with Crippen LogP contribution in [0.4, 0.5) is 4.39 Å². The molecule has 3 fully saturated rings. The van der Waals surface area contributed by atoms with Gasteiger partial charge in [-0.1, -0.05) is 18.2 Å². The number of para-hydroxylation sites is 2. The normalized spacial score (nSPS) is 22.9. The van der Waals surface area contributed by atoms with Gasteiger partial charge in [-0.2, -0.15) is 0 Å². The van der Waals surface area contributed by atoms with Gasteiger partial charge in [-0.25, -0.2) is 9.37 Å². The number of H-pyrrole nitrogens is 1. The number of fused-ring (bicyclic) bond motifs is 1. The Morgan fingerprint density at radius 1 is 1.14 bits per heavy atom. The molecule has 2 aliphatic heterocycles. The molecule has 0 bridgehead atoms. The second kappa shape index (κ2) is 7.47. The van der Waals surface area contributed by atoms with Crippen LogP contribution in [0.3, 0.4) is 0 Å². The molecule has 4 aliphatic rings. The lowest BCUT2D eigenvalue weighted by molar-refractivity contribution is -0.131. The Kier molecular flexibility index (Phi) is 4.44. The van der Waals surface area contributed by atoms with Crippen molar-refractivity contribution in [2.24, 2.45) is 16.8 Å². The molecule has 2 amide bonds. The van der Waals surface area contributed by atoms with Crippen LogP contribution < -0.4 is 0 Å². The van der Waals surface area contributed by atoms with Crippen LogP contribution in [0.15, 0.2) is 47.5 Å². The molecule has 8 heteroatoms. The van der Waals surface area contributed by atoms with Gasteiger partial charge in [-0.3, -0.25) is 19.5 Å². The molecule has 1 aromatic heterocycles. The molecule has 2 aromatic carbocycles. The van der Waals surface area contributed by atoms with Crippen molar-refractivity contribution in [3.8, 4) is 11.4 Å². The maximum Gasteiger partial charge on any atom is 0.256 e. The van der Waals surface area contributed by atoms with Gasteiger partial charge in [0.25, 0.3) is 5.91 Å². The van der Waals surface area contributed by atoms with Crippen LogP contribution in [0.2, 0.25) is 0 Å². The van der Waals surface area contributed by atoms with Crippen LogP contribution in [-0.2, 0) is 9.59 Å². The lowest BCUT2D eigenvalue weighted by Crippen LogP contribution is -2.41. The lowest BCUT2D eigenvalue weighted by atomic mass is 10.1. The number of carbonyl (C=O) groups is 2. The van der Waals surface area contributed by atoms with Crippen LogP contribution in [0.25, 0.3) is 22.4 Å². The van der Waals surface area contributed by atoms with Crippen molar-refractivity contribution in [2.45, 2.75) is 37.6 Å². The topological polar surface area (TPSA) is 81.7 Å². The van der Waals surface area contributed by atoms with Crippen molar-refractivity contribution < 1.29 is 14.0 Å². The van der Waals surface area contributed by atoms with Crippen molar-refractivity contribution in [1.82, 2.24) is 19.8 Å². The zero-order valence-electron chi connectivity index (χ0n) is 19.3. The van der Waals surface area contributed by atoms with Gasteiger partial charge < -0.3 is 9.88 Å². The largest absolute Gasteiger partial charge is 0.342 e. The average molecular weight is 472 g/mol. The highest BCUT2D eigenvalue weighted by Crippen LogP contribution is 2.46. The first kappa shape index (κ1) is 20.8. The third-order valence-corrected chi connectivity index (χ3v) is 7.78. The van der Waals surface area contributed by atoms with E-state index in [2.05, 4.69) is 9.97 Å². The van der Waals surface area contributed by atoms with Crippen molar-refractivity contribution >= 4 is 28.7 Å². The Balaban J connectivity index is 1.15. The van der Waals surface area contributed by atoms with Crippen molar-refractivity contribution in [2.75, 3.05) is 19.6 Å². The van der Waals surface area contributed by atoms with E-state index in [0.29, 0.717) is 48.7 Å². The maximum absolute atomic E-state index is 15.5. The molecule has 2 aliphatic carbocycles. The molecule has 35 heavy (non-hydrogen) atoms. The van der Waals surface area contributed by atoms with E-state index in [9.17, 15) is 9.59 Å². The predicted molar refractivity (Wildman–Crippen MR) is 129 cm³/mol. The summed E-state index contributed by atoms with van der Waals surface area (Å²) in [6, 6.07) is 12.7. The van der Waals surface area contributed by atoms with E-state index < -0.39 is 11.4 Å². The first-order chi connectivity index (χ1) is 17.0. The van der Waals surface area contributed by atoms with Crippen LogP contribution in [0, 0.1) is 17.7 Å². The second-order valence-electron chi connectivity index (χ2n) is 10.4. The molecule has 7 rings (SSSR count). The first-order valence-electron chi connectivity index (χ1n) is 12.5. The highest BCUT2D eigenvalue weighted by molar-refractivity contribution is 6.16. The van der Waals surface area contributed by atoms with E-state index in [1.165, 1.54) is 6.07 Å². The molecule has 1 saturated heterocycles. The Morgan fingerprint density at radius 2 is 1.97 bits per heavy atom. The highest BCUT2D eigenvalue weighted by Gasteiger charge is 2.58. The summed E-state index contributed by atoms with van der Waals surface area (Å²) in [6.45, 7) is 1.87. The quantitative estimate of drug-likeness (QED) is 0.615. The van der Waals surface area contributed by atoms with Gasteiger partial charge in [0, 0.05) is 31.1 Å². The molecule has 3 aromatic rings. The number of aromatic amines is 1. The lowest BCUT2D eigenvalue weighted by Gasteiger charge is -2.24. The van der Waals surface area contributed by atoms with E-state index in [1.807, 2.05) is 35.2 Å². The Bertz CT molecular complexity index is 1370. The van der Waals surface area contributed by atoms with Gasteiger partial charge in [-0.05, 0) is 62.3 Å². The van der Waals surface area contributed by atoms with Crippen LogP contribution in [-0.4, -0.2) is 62.6 Å². The zero-order valence-corrected chi connectivity index (χ0v) is 19.3. The number of hydrogen-bond donors (Lipinski definition) is 1. The summed E-state index contributed by atoms with van der Waals surface area (Å²) in [5.74, 6) is 1.21. The van der Waals surface area contributed by atoms with Gasteiger partial charge in [0.1, 0.15) is 23.0 Å². The maximum atomic E-state index is 15.5. The molecule has 3 heterocycles. The number of amides is 2. The number of carbonyl (C=O) groups excluding carboxylic acids is 2. The standard InChI is InChI=1S/C27H26FN5O2/c28-20-13-18(23-29-21-3-1-2-4-22(21)30-23)7-8-19(20)24-31-27(10-11-27)26(35)33(24)15-16-9-12-32(14-16)25(34)17-5-6-17/h1-4,7-8,13,16-17H,5-6,9-12,14-15H2,(H,29,30). The minimum atomic E-state index is -0.707. The number of nitrogens with zero attached hydrogens (tertiary/aromatic N) is 4. The monoisotopic (exact) mass is 471 g/mol. The molecule has 7 nitrogen and oxygen atoms in total. The van der Waals surface area contributed by atoms with Crippen molar-refractivity contribution in [3.05, 3.63) is 53.8 Å². The fourth-order valence-corrected chi connectivity index (χ4v) is 5.44. The fourth-order valence-electron chi connectivity index (χ4n) is 5.44. The molecule has 1 N–H and O–H groups in total. The second-order valence-corrected chi connectivity index (χ2v) is 10.4. The summed E-state index contributed by atoms with van der Waals surface area (Å²) in [6.07, 6.45) is 4.26. The molecular formula is C27H26FN5O2. The first-order valence-corrected chi connectivity index (χ1v) is 12.5. The number of imidazole rings is 1. The number of aromatic nitrogens is 2. The summed E-state index contributed by atoms with van der Waals surface area (Å²) in [4.78, 5) is 41.9. The number of benzene rings is 2. The summed E-state index contributed by atoms with van der Waals surface area (Å²) in [5.41, 5.74) is 1.99. The van der Waals surface area contributed by atoms with Crippen LogP contribution >= 0.6 is 0 Å². The van der Waals surface area contributed by atoms with Gasteiger partial charge in [0.2, 0.25) is 5.91 Å². The number of nitrogens with one attached hydrogen (secondary N) is 1. The number of amidine groups is 1. The number of aliphatic imine (C=N–C) groups is 1. The van der Waals surface area contributed by atoms with Gasteiger partial charge in [0.05, 0.1) is 16.6 Å². The minimum absolute atomic E-state index is 0.0276. The molecule has 2 saturated carbocycles. The molecule has 1 spiro atoms. The molecular weight excluding hydrogens is 445 g/mol. The Labute approximate surface area is 202 Å². The Hall–Kier alpha value is -3.55. The molecule has 1 atom stereocenters. The fraction of sp³-hybridized carbons (Fsp3) is 0.407. The zero-order chi connectivity index (χ0) is 23.7. The van der Waals surface area contributed by atoms with E-state index in [0.717, 1.165) is 36.8 Å². The predicted octanol–water partition coefficient (Wildman–Crippen LogP) is 3.75. The molecule has 1 unspecified atom stereocenters. The van der Waals surface area contributed by atoms with E-state index in [1.54, 1.807) is 11.0 Å². The SMILES string of the molecule is O=C(C1CC1)N1CCC(CN2C(=O)C3(CC3)N=C2c2ccc(-c3nc4ccccc4[nH]3)cc2F)C1. The average Bonchev–Trinajstić information content (AvgIpc) is 3.75. The van der Waals surface area contributed by atoms with Gasteiger partial charge in [0.15, 0.2) is 0 Å². The van der Waals surface area contributed by atoms with E-state index in [-0.39, 0.29) is 23.7 Å². The van der Waals surface area contributed by atoms with Gasteiger partial charge >= 0.3 is 0 Å². The summed E-state index contributed by atoms with van der Waals surface area (Å²) in [7, 11) is 0. The number of rotatable bonds is 5. The van der Waals surface area contributed by atoms with Crippen molar-refractivity contribution in [3.63, 3.8) is 0 Å². The highest BCUT2D eigenvalue weighted by atomic mass is 19.1. The minimum Gasteiger partial charge on any atom is -0.342 e. The van der Waals surface area contributed by atoms with E-state index in [4.69, 9.17) is 4.99 Å². The summed E-state index contributed by atoms with van der Waals surface area (Å²) < 4.78 is 15.5. The van der Waals surface area contributed by atoms with Crippen LogP contribution in [0.5, 0.6) is 0 Å². The van der Waals surface area contributed by atoms with Gasteiger partial charge in [-0.15, -0.1) is 0 Å². The number of likely N-dealkylation sites (tertiary alicyclic amines) is 1. The Morgan fingerprint density at radius 3 is 2.71 bits per heavy atom. The summed E-state index contributed by atoms with van der Waals surface area (Å²) >= 11 is 0. The summed E-state index contributed by atoms with van der Waals surface area (Å²) in [5, 5.41) is 0. The number of halogens is 1. The molecule has 178 valence electrons. The van der Waals surface area contributed by atoms with Crippen LogP contribution in [0.1, 0.15) is 37.7 Å². The third kappa shape index (κ3) is 3.46.